The molecule has 0 fully saturated rings. The molecule has 0 spiro atoms. The van der Waals surface area contributed by atoms with Gasteiger partial charge in [0.1, 0.15) is 0 Å². The molecule has 80 valence electrons. The molecule has 0 saturated carbocycles. The summed E-state index contributed by atoms with van der Waals surface area (Å²) < 4.78 is 9.91. The van der Waals surface area contributed by atoms with Crippen LogP contribution in [-0.4, -0.2) is 39.5 Å². The van der Waals surface area contributed by atoms with Gasteiger partial charge in [0, 0.05) is 40.1 Å². The standard InChI is InChI=1S/C8H16O5.Zn/c1-8(9)13-12-5-3-4-11-7-6-10-2;/h3-7H2,1-2H3;. The molecule has 0 bridgehead atoms. The quantitative estimate of drug-likeness (QED) is 0.275. The number of carbonyl (C=O) groups excluding carboxylic acids is 1. The van der Waals surface area contributed by atoms with Crippen molar-refractivity contribution in [3.05, 3.63) is 0 Å². The minimum absolute atomic E-state index is 0. The van der Waals surface area contributed by atoms with Gasteiger partial charge in [0.05, 0.1) is 19.8 Å². The Balaban J connectivity index is 0. The van der Waals surface area contributed by atoms with Crippen molar-refractivity contribution in [2.24, 2.45) is 0 Å². The van der Waals surface area contributed by atoms with E-state index in [0.29, 0.717) is 32.8 Å². The molecule has 0 atom stereocenters. The molecule has 0 unspecified atom stereocenters. The summed E-state index contributed by atoms with van der Waals surface area (Å²) in [6.07, 6.45) is 0.691. The first-order chi connectivity index (χ1) is 6.27. The minimum atomic E-state index is -0.444. The fourth-order valence-electron chi connectivity index (χ4n) is 0.589. The van der Waals surface area contributed by atoms with Crippen molar-refractivity contribution < 1.29 is 43.5 Å². The molecule has 5 nitrogen and oxygen atoms in total. The Morgan fingerprint density at radius 2 is 1.86 bits per heavy atom. The Kier molecular flexibility index (Phi) is 15.2. The van der Waals surface area contributed by atoms with Crippen LogP contribution < -0.4 is 0 Å². The number of hydrogen-bond acceptors (Lipinski definition) is 5. The van der Waals surface area contributed by atoms with E-state index in [1.54, 1.807) is 7.11 Å². The molecule has 0 aromatic heterocycles. The van der Waals surface area contributed by atoms with Gasteiger partial charge in [-0.3, -0.25) is 4.89 Å². The van der Waals surface area contributed by atoms with Crippen LogP contribution in [-0.2, 0) is 43.5 Å². The molecule has 0 radical (unpaired) electrons. The van der Waals surface area contributed by atoms with Crippen LogP contribution in [0.2, 0.25) is 0 Å². The Bertz CT molecular complexity index is 131. The van der Waals surface area contributed by atoms with Crippen molar-refractivity contribution in [2.45, 2.75) is 13.3 Å². The van der Waals surface area contributed by atoms with E-state index < -0.39 is 5.97 Å². The van der Waals surface area contributed by atoms with E-state index in [9.17, 15) is 4.79 Å². The molecular weight excluding hydrogens is 241 g/mol. The van der Waals surface area contributed by atoms with E-state index >= 15 is 0 Å². The summed E-state index contributed by atoms with van der Waals surface area (Å²) in [5, 5.41) is 0. The molecular formula is C8H16O5Zn. The summed E-state index contributed by atoms with van der Waals surface area (Å²) in [6, 6.07) is 0. The normalized spacial score (nSPS) is 9.29. The van der Waals surface area contributed by atoms with Crippen LogP contribution in [0.15, 0.2) is 0 Å². The molecule has 14 heavy (non-hydrogen) atoms. The average Bonchev–Trinajstić information content (AvgIpc) is 2.09. The van der Waals surface area contributed by atoms with Crippen LogP contribution in [0.4, 0.5) is 0 Å². The average molecular weight is 258 g/mol. The fourth-order valence-corrected chi connectivity index (χ4v) is 0.589. The van der Waals surface area contributed by atoms with Gasteiger partial charge in [-0.25, -0.2) is 4.79 Å². The van der Waals surface area contributed by atoms with Gasteiger partial charge in [0.15, 0.2) is 0 Å². The van der Waals surface area contributed by atoms with Gasteiger partial charge in [0.2, 0.25) is 0 Å². The maximum absolute atomic E-state index is 10.2. The topological polar surface area (TPSA) is 54.0 Å². The Hall–Kier alpha value is -0.0266. The van der Waals surface area contributed by atoms with Gasteiger partial charge in [-0.15, -0.1) is 0 Å². The van der Waals surface area contributed by atoms with E-state index in [0.717, 1.165) is 0 Å². The first-order valence-electron chi connectivity index (χ1n) is 4.14. The zero-order chi connectivity index (χ0) is 9.94. The number of carbonyl (C=O) groups is 1. The van der Waals surface area contributed by atoms with Gasteiger partial charge >= 0.3 is 5.97 Å². The van der Waals surface area contributed by atoms with E-state index in [1.807, 2.05) is 0 Å². The van der Waals surface area contributed by atoms with Crippen LogP contribution in [0.25, 0.3) is 0 Å². The summed E-state index contributed by atoms with van der Waals surface area (Å²) in [5.41, 5.74) is 0. The van der Waals surface area contributed by atoms with E-state index in [1.165, 1.54) is 6.92 Å². The largest absolute Gasteiger partial charge is 0.382 e. The predicted octanol–water partition coefficient (Wildman–Crippen LogP) is 0.532. The first-order valence-corrected chi connectivity index (χ1v) is 4.14. The molecule has 0 aliphatic heterocycles. The molecule has 0 aromatic carbocycles. The Morgan fingerprint density at radius 1 is 1.14 bits per heavy atom. The second kappa shape index (κ2) is 13.0. The molecule has 0 aliphatic carbocycles. The van der Waals surface area contributed by atoms with Crippen LogP contribution in [0, 0.1) is 0 Å². The van der Waals surface area contributed by atoms with Crippen molar-refractivity contribution >= 4 is 5.97 Å². The van der Waals surface area contributed by atoms with Crippen LogP contribution >= 0.6 is 0 Å². The molecule has 0 aliphatic rings. The maximum Gasteiger partial charge on any atom is 0.339 e. The summed E-state index contributed by atoms with van der Waals surface area (Å²) in [7, 11) is 1.62. The third kappa shape index (κ3) is 14.5. The maximum atomic E-state index is 10.2. The molecule has 0 amide bonds. The Morgan fingerprint density at radius 3 is 2.43 bits per heavy atom. The smallest absolute Gasteiger partial charge is 0.339 e. The summed E-state index contributed by atoms with van der Waals surface area (Å²) in [5.74, 6) is -0.444. The van der Waals surface area contributed by atoms with Crippen molar-refractivity contribution in [3.8, 4) is 0 Å². The van der Waals surface area contributed by atoms with Crippen molar-refractivity contribution in [3.63, 3.8) is 0 Å². The second-order valence-electron chi connectivity index (χ2n) is 2.36. The second-order valence-corrected chi connectivity index (χ2v) is 2.36. The zero-order valence-electron chi connectivity index (χ0n) is 8.78. The van der Waals surface area contributed by atoms with Crippen LogP contribution in [0.5, 0.6) is 0 Å². The third-order valence-corrected chi connectivity index (χ3v) is 1.12. The number of hydrogen-bond donors (Lipinski definition) is 0. The molecule has 6 heteroatoms. The van der Waals surface area contributed by atoms with Crippen molar-refractivity contribution in [1.82, 2.24) is 0 Å². The van der Waals surface area contributed by atoms with Gasteiger partial charge < -0.3 is 9.47 Å². The van der Waals surface area contributed by atoms with Gasteiger partial charge in [-0.1, -0.05) is 0 Å². The van der Waals surface area contributed by atoms with E-state index in [2.05, 4.69) is 9.78 Å². The minimum Gasteiger partial charge on any atom is -0.382 e. The number of rotatable bonds is 8. The van der Waals surface area contributed by atoms with Crippen LogP contribution in [0.1, 0.15) is 13.3 Å². The number of ether oxygens (including phenoxy) is 2. The monoisotopic (exact) mass is 256 g/mol. The number of methoxy groups -OCH3 is 1. The summed E-state index contributed by atoms with van der Waals surface area (Å²) in [4.78, 5) is 19.0. The summed E-state index contributed by atoms with van der Waals surface area (Å²) >= 11 is 0. The SMILES string of the molecule is COCCOCCCOOC(C)=O.[Zn]. The molecule has 0 aromatic rings. The first kappa shape index (κ1) is 16.4. The fraction of sp³-hybridized carbons (Fsp3) is 0.875. The van der Waals surface area contributed by atoms with Gasteiger partial charge in [-0.05, 0) is 6.42 Å². The molecule has 0 rings (SSSR count). The molecule has 0 saturated heterocycles. The molecule has 0 heterocycles. The van der Waals surface area contributed by atoms with E-state index in [4.69, 9.17) is 9.47 Å². The van der Waals surface area contributed by atoms with Crippen LogP contribution in [0.3, 0.4) is 0 Å². The zero-order valence-corrected chi connectivity index (χ0v) is 11.8. The van der Waals surface area contributed by atoms with Crippen molar-refractivity contribution in [1.29, 1.82) is 0 Å². The van der Waals surface area contributed by atoms with E-state index in [-0.39, 0.29) is 19.5 Å². The Labute approximate surface area is 96.7 Å². The van der Waals surface area contributed by atoms with Gasteiger partial charge in [0.25, 0.3) is 0 Å². The van der Waals surface area contributed by atoms with Crippen molar-refractivity contribution in [2.75, 3.05) is 33.5 Å². The third-order valence-electron chi connectivity index (χ3n) is 1.12. The van der Waals surface area contributed by atoms with Gasteiger partial charge in [-0.2, -0.15) is 4.89 Å². The predicted molar refractivity (Wildman–Crippen MR) is 45.0 cm³/mol. The molecule has 0 N–H and O–H groups in total. The summed E-state index contributed by atoms with van der Waals surface area (Å²) in [6.45, 7) is 3.38.